The molecule has 1 unspecified atom stereocenters. The van der Waals surface area contributed by atoms with Crippen LogP contribution in [0, 0.1) is 5.92 Å². The minimum Gasteiger partial charge on any atom is -0.331 e. The van der Waals surface area contributed by atoms with Gasteiger partial charge in [0.1, 0.15) is 0 Å². The van der Waals surface area contributed by atoms with Crippen molar-refractivity contribution in [3.8, 4) is 0 Å². The van der Waals surface area contributed by atoms with Crippen LogP contribution in [0.4, 0.5) is 0 Å². The van der Waals surface area contributed by atoms with Gasteiger partial charge in [0.05, 0.1) is 12.0 Å². The molecule has 0 aliphatic heterocycles. The van der Waals surface area contributed by atoms with Crippen LogP contribution >= 0.6 is 0 Å². The van der Waals surface area contributed by atoms with Crippen molar-refractivity contribution in [3.05, 3.63) is 18.2 Å². The highest BCUT2D eigenvalue weighted by Crippen LogP contribution is 2.32. The molecule has 15 heavy (non-hydrogen) atoms. The van der Waals surface area contributed by atoms with Crippen molar-refractivity contribution in [2.45, 2.75) is 52.2 Å². The average Bonchev–Trinajstić information content (AvgIpc) is 2.93. The Morgan fingerprint density at radius 2 is 2.20 bits per heavy atom. The molecule has 0 saturated heterocycles. The second kappa shape index (κ2) is 4.35. The van der Waals surface area contributed by atoms with Gasteiger partial charge in [0.2, 0.25) is 0 Å². The second-order valence-electron chi connectivity index (χ2n) is 4.89. The zero-order chi connectivity index (χ0) is 10.8. The van der Waals surface area contributed by atoms with E-state index in [0.29, 0.717) is 12.1 Å². The van der Waals surface area contributed by atoms with Gasteiger partial charge < -0.3 is 9.88 Å². The molecule has 1 N–H and O–H groups in total. The number of nitrogens with zero attached hydrogens (tertiary/aromatic N) is 2. The summed E-state index contributed by atoms with van der Waals surface area (Å²) in [6.45, 7) is 7.61. The molecular weight excluding hydrogens is 186 g/mol. The van der Waals surface area contributed by atoms with Crippen molar-refractivity contribution in [3.63, 3.8) is 0 Å². The lowest BCUT2D eigenvalue weighted by molar-refractivity contribution is 0.473. The van der Waals surface area contributed by atoms with E-state index >= 15 is 0 Å². The van der Waals surface area contributed by atoms with Crippen LogP contribution < -0.4 is 5.32 Å². The Bertz CT molecular complexity index is 312. The van der Waals surface area contributed by atoms with E-state index in [4.69, 9.17) is 0 Å². The average molecular weight is 207 g/mol. The van der Waals surface area contributed by atoms with E-state index < -0.39 is 0 Å². The van der Waals surface area contributed by atoms with Crippen LogP contribution in [-0.4, -0.2) is 15.6 Å². The maximum atomic E-state index is 4.20. The summed E-state index contributed by atoms with van der Waals surface area (Å²) in [7, 11) is 0. The minimum absolute atomic E-state index is 0.500. The van der Waals surface area contributed by atoms with E-state index in [1.165, 1.54) is 18.5 Å². The monoisotopic (exact) mass is 207 g/mol. The SMILES string of the molecule is CC(NCc1cncn1C(C)C)C1CC1. The topological polar surface area (TPSA) is 29.9 Å². The second-order valence-corrected chi connectivity index (χ2v) is 4.89. The molecule has 1 aromatic heterocycles. The largest absolute Gasteiger partial charge is 0.331 e. The lowest BCUT2D eigenvalue weighted by Gasteiger charge is -2.15. The minimum atomic E-state index is 0.500. The normalized spacial score (nSPS) is 18.4. The van der Waals surface area contributed by atoms with Crippen molar-refractivity contribution >= 4 is 0 Å². The smallest absolute Gasteiger partial charge is 0.0951 e. The van der Waals surface area contributed by atoms with Crippen molar-refractivity contribution in [1.29, 1.82) is 0 Å². The molecule has 1 aliphatic carbocycles. The first-order chi connectivity index (χ1) is 7.18. The molecule has 1 saturated carbocycles. The highest BCUT2D eigenvalue weighted by atomic mass is 15.1. The summed E-state index contributed by atoms with van der Waals surface area (Å²) in [6.07, 6.45) is 6.69. The molecule has 1 heterocycles. The van der Waals surface area contributed by atoms with Crippen molar-refractivity contribution in [2.75, 3.05) is 0 Å². The molecule has 0 bridgehead atoms. The lowest BCUT2D eigenvalue weighted by Crippen LogP contribution is -2.28. The van der Waals surface area contributed by atoms with Crippen molar-refractivity contribution < 1.29 is 0 Å². The highest BCUT2D eigenvalue weighted by molar-refractivity contribution is 5.00. The summed E-state index contributed by atoms with van der Waals surface area (Å²) in [5.41, 5.74) is 1.29. The molecule has 3 heteroatoms. The maximum Gasteiger partial charge on any atom is 0.0951 e. The maximum absolute atomic E-state index is 4.20. The Balaban J connectivity index is 1.89. The lowest BCUT2D eigenvalue weighted by atomic mass is 10.2. The summed E-state index contributed by atoms with van der Waals surface area (Å²) in [4.78, 5) is 4.20. The van der Waals surface area contributed by atoms with Gasteiger partial charge in [-0.1, -0.05) is 0 Å². The molecule has 3 nitrogen and oxygen atoms in total. The third-order valence-corrected chi connectivity index (χ3v) is 3.24. The molecule has 84 valence electrons. The Kier molecular flexibility index (Phi) is 3.10. The number of imidazole rings is 1. The molecule has 1 fully saturated rings. The van der Waals surface area contributed by atoms with Gasteiger partial charge in [-0.2, -0.15) is 0 Å². The fraction of sp³-hybridized carbons (Fsp3) is 0.750. The van der Waals surface area contributed by atoms with Crippen LogP contribution in [0.2, 0.25) is 0 Å². The van der Waals surface area contributed by atoms with Gasteiger partial charge in [-0.25, -0.2) is 4.98 Å². The zero-order valence-electron chi connectivity index (χ0n) is 9.90. The molecule has 2 rings (SSSR count). The molecule has 1 atom stereocenters. The van der Waals surface area contributed by atoms with Crippen LogP contribution in [0.25, 0.3) is 0 Å². The Hall–Kier alpha value is -0.830. The van der Waals surface area contributed by atoms with Gasteiger partial charge in [0.15, 0.2) is 0 Å². The summed E-state index contributed by atoms with van der Waals surface area (Å²) in [5.74, 6) is 0.917. The third kappa shape index (κ3) is 2.59. The summed E-state index contributed by atoms with van der Waals surface area (Å²) in [5, 5.41) is 3.58. The van der Waals surface area contributed by atoms with Gasteiger partial charge in [-0.15, -0.1) is 0 Å². The van der Waals surface area contributed by atoms with Crippen LogP contribution in [0.1, 0.15) is 45.3 Å². The molecule has 0 aromatic carbocycles. The van der Waals surface area contributed by atoms with Gasteiger partial charge in [0.25, 0.3) is 0 Å². The van der Waals surface area contributed by atoms with Gasteiger partial charge >= 0.3 is 0 Å². The predicted molar refractivity (Wildman–Crippen MR) is 61.6 cm³/mol. The third-order valence-electron chi connectivity index (χ3n) is 3.24. The first-order valence-electron chi connectivity index (χ1n) is 5.92. The number of aromatic nitrogens is 2. The zero-order valence-corrected chi connectivity index (χ0v) is 9.90. The number of hydrogen-bond acceptors (Lipinski definition) is 2. The number of rotatable bonds is 5. The van der Waals surface area contributed by atoms with Gasteiger partial charge in [0, 0.05) is 24.8 Å². The fourth-order valence-electron chi connectivity index (χ4n) is 1.96. The van der Waals surface area contributed by atoms with Gasteiger partial charge in [-0.05, 0) is 39.5 Å². The number of hydrogen-bond donors (Lipinski definition) is 1. The molecule has 1 aliphatic rings. The molecule has 1 aromatic rings. The van der Waals surface area contributed by atoms with E-state index in [1.54, 1.807) is 0 Å². The van der Waals surface area contributed by atoms with E-state index in [-0.39, 0.29) is 0 Å². The van der Waals surface area contributed by atoms with E-state index in [2.05, 4.69) is 35.6 Å². The van der Waals surface area contributed by atoms with E-state index in [9.17, 15) is 0 Å². The first kappa shape index (κ1) is 10.7. The van der Waals surface area contributed by atoms with Crippen LogP contribution in [0.15, 0.2) is 12.5 Å². The quantitative estimate of drug-likeness (QED) is 0.803. The van der Waals surface area contributed by atoms with Crippen LogP contribution in [-0.2, 0) is 6.54 Å². The Morgan fingerprint density at radius 3 is 2.80 bits per heavy atom. The van der Waals surface area contributed by atoms with E-state index in [1.807, 2.05) is 12.5 Å². The Morgan fingerprint density at radius 1 is 1.47 bits per heavy atom. The fourth-order valence-corrected chi connectivity index (χ4v) is 1.96. The van der Waals surface area contributed by atoms with Crippen LogP contribution in [0.5, 0.6) is 0 Å². The summed E-state index contributed by atoms with van der Waals surface area (Å²) < 4.78 is 2.23. The van der Waals surface area contributed by atoms with E-state index in [0.717, 1.165) is 12.5 Å². The molecule has 0 radical (unpaired) electrons. The summed E-state index contributed by atoms with van der Waals surface area (Å²) >= 11 is 0. The Labute approximate surface area is 91.9 Å². The first-order valence-corrected chi connectivity index (χ1v) is 5.92. The highest BCUT2D eigenvalue weighted by Gasteiger charge is 2.27. The molecule has 0 spiro atoms. The molecular formula is C12H21N3. The van der Waals surface area contributed by atoms with Crippen molar-refractivity contribution in [2.24, 2.45) is 5.92 Å². The standard InChI is InChI=1S/C12H21N3/c1-9(2)15-8-13-6-12(15)7-14-10(3)11-4-5-11/h6,8-11,14H,4-5,7H2,1-3H3. The summed E-state index contributed by atoms with van der Waals surface area (Å²) in [6, 6.07) is 1.15. The molecule has 0 amide bonds. The van der Waals surface area contributed by atoms with Crippen molar-refractivity contribution in [1.82, 2.24) is 14.9 Å². The van der Waals surface area contributed by atoms with Crippen LogP contribution in [0.3, 0.4) is 0 Å². The van der Waals surface area contributed by atoms with Gasteiger partial charge in [-0.3, -0.25) is 0 Å². The number of nitrogens with one attached hydrogen (secondary N) is 1. The predicted octanol–water partition coefficient (Wildman–Crippen LogP) is 2.35.